The first-order valence-electron chi connectivity index (χ1n) is 9.01. The molecule has 28 heavy (non-hydrogen) atoms. The van der Waals surface area contributed by atoms with Crippen molar-refractivity contribution in [3.8, 4) is 5.88 Å². The number of fused-ring (bicyclic) bond motifs is 1. The van der Waals surface area contributed by atoms with Crippen molar-refractivity contribution in [2.45, 2.75) is 25.1 Å². The lowest BCUT2D eigenvalue weighted by molar-refractivity contribution is -0.122. The zero-order chi connectivity index (χ0) is 19.5. The van der Waals surface area contributed by atoms with Crippen molar-refractivity contribution in [2.75, 3.05) is 13.7 Å². The first-order chi connectivity index (χ1) is 13.7. The van der Waals surface area contributed by atoms with Crippen molar-refractivity contribution in [2.24, 2.45) is 0 Å². The molecule has 0 unspecified atom stereocenters. The van der Waals surface area contributed by atoms with Gasteiger partial charge in [-0.25, -0.2) is 9.97 Å². The third-order valence-corrected chi connectivity index (χ3v) is 4.79. The van der Waals surface area contributed by atoms with Crippen molar-refractivity contribution in [1.29, 1.82) is 0 Å². The van der Waals surface area contributed by atoms with Crippen LogP contribution in [0.5, 0.6) is 5.88 Å². The Morgan fingerprint density at radius 3 is 2.89 bits per heavy atom. The van der Waals surface area contributed by atoms with Gasteiger partial charge in [-0.2, -0.15) is 0 Å². The van der Waals surface area contributed by atoms with E-state index in [1.54, 1.807) is 31.5 Å². The molecule has 3 heterocycles. The highest BCUT2D eigenvalue weighted by molar-refractivity contribution is 5.80. The van der Waals surface area contributed by atoms with Gasteiger partial charge in [0.1, 0.15) is 12.6 Å². The van der Waals surface area contributed by atoms with Gasteiger partial charge < -0.3 is 14.8 Å². The Morgan fingerprint density at radius 1 is 1.25 bits per heavy atom. The lowest BCUT2D eigenvalue weighted by Gasteiger charge is -2.20. The maximum atomic E-state index is 12.7. The SMILES string of the molecule is COc1ccc([C@H]2OCC[C@@H]2NC(=O)Cn2c(=O)cnc3ccccc32)cn1. The molecule has 0 spiro atoms. The van der Waals surface area contributed by atoms with E-state index in [0.717, 1.165) is 5.56 Å². The summed E-state index contributed by atoms with van der Waals surface area (Å²) in [7, 11) is 1.56. The van der Waals surface area contributed by atoms with Gasteiger partial charge in [-0.05, 0) is 24.6 Å². The molecule has 2 atom stereocenters. The number of hydrogen-bond acceptors (Lipinski definition) is 6. The molecule has 1 aromatic carbocycles. The first-order valence-corrected chi connectivity index (χ1v) is 9.01. The summed E-state index contributed by atoms with van der Waals surface area (Å²) in [6, 6.07) is 10.7. The molecule has 1 aliphatic rings. The van der Waals surface area contributed by atoms with Gasteiger partial charge in [-0.1, -0.05) is 12.1 Å². The average molecular weight is 380 g/mol. The molecule has 1 fully saturated rings. The van der Waals surface area contributed by atoms with E-state index < -0.39 is 0 Å². The summed E-state index contributed by atoms with van der Waals surface area (Å²) in [5.74, 6) is 0.270. The molecule has 144 valence electrons. The van der Waals surface area contributed by atoms with Gasteiger partial charge >= 0.3 is 0 Å². The minimum Gasteiger partial charge on any atom is -0.481 e. The monoisotopic (exact) mass is 380 g/mol. The Bertz CT molecular complexity index is 1050. The fraction of sp³-hybridized carbons (Fsp3) is 0.300. The van der Waals surface area contributed by atoms with Gasteiger partial charge in [0.25, 0.3) is 5.56 Å². The lowest BCUT2D eigenvalue weighted by atomic mass is 10.0. The van der Waals surface area contributed by atoms with Crippen LogP contribution in [0.2, 0.25) is 0 Å². The predicted molar refractivity (Wildman–Crippen MR) is 102 cm³/mol. The number of benzene rings is 1. The molecular weight excluding hydrogens is 360 g/mol. The third-order valence-electron chi connectivity index (χ3n) is 4.79. The smallest absolute Gasteiger partial charge is 0.269 e. The Balaban J connectivity index is 1.50. The summed E-state index contributed by atoms with van der Waals surface area (Å²) in [5, 5.41) is 2.99. The zero-order valence-corrected chi connectivity index (χ0v) is 15.4. The van der Waals surface area contributed by atoms with E-state index in [0.29, 0.717) is 29.9 Å². The number of carbonyl (C=O) groups excluding carboxylic acids is 1. The number of rotatable bonds is 5. The minimum absolute atomic E-state index is 0.0774. The molecule has 3 aromatic rings. The van der Waals surface area contributed by atoms with Crippen LogP contribution in [0.1, 0.15) is 18.1 Å². The first kappa shape index (κ1) is 18.1. The van der Waals surface area contributed by atoms with Crippen LogP contribution in [0, 0.1) is 0 Å². The number of para-hydroxylation sites is 2. The van der Waals surface area contributed by atoms with Crippen LogP contribution in [0.25, 0.3) is 11.0 Å². The van der Waals surface area contributed by atoms with Crippen LogP contribution in [0.3, 0.4) is 0 Å². The Morgan fingerprint density at radius 2 is 2.11 bits per heavy atom. The quantitative estimate of drug-likeness (QED) is 0.720. The molecule has 4 rings (SSSR count). The van der Waals surface area contributed by atoms with E-state index in [2.05, 4.69) is 15.3 Å². The maximum absolute atomic E-state index is 12.7. The van der Waals surface area contributed by atoms with E-state index in [4.69, 9.17) is 9.47 Å². The molecule has 1 saturated heterocycles. The van der Waals surface area contributed by atoms with Crippen LogP contribution < -0.4 is 15.6 Å². The number of nitrogens with zero attached hydrogens (tertiary/aromatic N) is 3. The highest BCUT2D eigenvalue weighted by atomic mass is 16.5. The van der Waals surface area contributed by atoms with E-state index in [1.165, 1.54) is 10.8 Å². The van der Waals surface area contributed by atoms with E-state index in [9.17, 15) is 9.59 Å². The molecular formula is C20H20N4O4. The molecule has 1 amide bonds. The molecule has 0 radical (unpaired) electrons. The molecule has 8 nitrogen and oxygen atoms in total. The van der Waals surface area contributed by atoms with Gasteiger partial charge in [0.05, 0.1) is 30.4 Å². The second-order valence-corrected chi connectivity index (χ2v) is 6.56. The molecule has 0 aliphatic carbocycles. The number of hydrogen-bond donors (Lipinski definition) is 1. The van der Waals surface area contributed by atoms with E-state index in [1.807, 2.05) is 18.2 Å². The fourth-order valence-electron chi connectivity index (χ4n) is 3.42. The standard InChI is InChI=1S/C20H20N4O4/c1-27-18-7-6-13(10-22-18)20-15(8-9-28-20)23-17(25)12-24-16-5-3-2-4-14(16)21-11-19(24)26/h2-7,10-11,15,20H,8-9,12H2,1H3,(H,23,25)/t15-,20+/m0/s1. The van der Waals surface area contributed by atoms with Gasteiger partial charge in [0, 0.05) is 24.4 Å². The fourth-order valence-corrected chi connectivity index (χ4v) is 3.42. The molecule has 0 saturated carbocycles. The van der Waals surface area contributed by atoms with Crippen molar-refractivity contribution < 1.29 is 14.3 Å². The number of carbonyl (C=O) groups is 1. The minimum atomic E-state index is -0.313. The number of amides is 1. The molecule has 1 N–H and O–H groups in total. The highest BCUT2D eigenvalue weighted by Crippen LogP contribution is 2.29. The van der Waals surface area contributed by atoms with Gasteiger partial charge in [0.15, 0.2) is 0 Å². The number of aromatic nitrogens is 3. The molecule has 1 aliphatic heterocycles. The summed E-state index contributed by atoms with van der Waals surface area (Å²) in [6.07, 6.45) is 3.33. The number of pyridine rings is 1. The Labute approximate surface area is 161 Å². The summed E-state index contributed by atoms with van der Waals surface area (Å²) >= 11 is 0. The average Bonchev–Trinajstić information content (AvgIpc) is 3.18. The van der Waals surface area contributed by atoms with Crippen LogP contribution in [0.15, 0.2) is 53.6 Å². The van der Waals surface area contributed by atoms with Crippen molar-refractivity contribution in [3.63, 3.8) is 0 Å². The van der Waals surface area contributed by atoms with E-state index in [-0.39, 0.29) is 30.2 Å². The van der Waals surface area contributed by atoms with Crippen molar-refractivity contribution >= 4 is 16.9 Å². The predicted octanol–water partition coefficient (Wildman–Crippen LogP) is 1.45. The Kier molecular flexibility index (Phi) is 5.03. The Hall–Kier alpha value is -3.26. The van der Waals surface area contributed by atoms with Crippen molar-refractivity contribution in [1.82, 2.24) is 19.9 Å². The topological polar surface area (TPSA) is 95.3 Å². The highest BCUT2D eigenvalue weighted by Gasteiger charge is 2.31. The summed E-state index contributed by atoms with van der Waals surface area (Å²) in [6.45, 7) is 0.464. The summed E-state index contributed by atoms with van der Waals surface area (Å²) in [4.78, 5) is 33.2. The van der Waals surface area contributed by atoms with Gasteiger partial charge in [-0.15, -0.1) is 0 Å². The maximum Gasteiger partial charge on any atom is 0.269 e. The number of nitrogens with one attached hydrogen (secondary N) is 1. The van der Waals surface area contributed by atoms with Crippen LogP contribution in [0.4, 0.5) is 0 Å². The van der Waals surface area contributed by atoms with Crippen LogP contribution in [-0.4, -0.2) is 40.2 Å². The second kappa shape index (κ2) is 7.77. The van der Waals surface area contributed by atoms with Crippen molar-refractivity contribution in [3.05, 3.63) is 64.7 Å². The molecule has 8 heteroatoms. The van der Waals surface area contributed by atoms with Gasteiger partial charge in [0.2, 0.25) is 11.8 Å². The largest absolute Gasteiger partial charge is 0.481 e. The third kappa shape index (κ3) is 3.59. The second-order valence-electron chi connectivity index (χ2n) is 6.56. The number of ether oxygens (including phenoxy) is 2. The number of methoxy groups -OCH3 is 1. The molecule has 0 bridgehead atoms. The van der Waals surface area contributed by atoms with E-state index >= 15 is 0 Å². The normalized spacial score (nSPS) is 18.9. The zero-order valence-electron chi connectivity index (χ0n) is 15.4. The molecule has 2 aromatic heterocycles. The summed E-state index contributed by atoms with van der Waals surface area (Å²) < 4.78 is 12.3. The van der Waals surface area contributed by atoms with Crippen LogP contribution >= 0.6 is 0 Å². The van der Waals surface area contributed by atoms with Gasteiger partial charge in [-0.3, -0.25) is 14.2 Å². The van der Waals surface area contributed by atoms with Crippen LogP contribution in [-0.2, 0) is 16.1 Å². The summed E-state index contributed by atoms with van der Waals surface area (Å²) in [5.41, 5.74) is 1.85. The lowest BCUT2D eigenvalue weighted by Crippen LogP contribution is -2.40.